The van der Waals surface area contributed by atoms with Crippen LogP contribution in [0.1, 0.15) is 56.8 Å². The van der Waals surface area contributed by atoms with Crippen LogP contribution in [0.2, 0.25) is 0 Å². The molecule has 0 bridgehead atoms. The van der Waals surface area contributed by atoms with Gasteiger partial charge in [-0.1, -0.05) is 26.0 Å². The number of hydrogen-bond acceptors (Lipinski definition) is 3. The van der Waals surface area contributed by atoms with Gasteiger partial charge in [-0.05, 0) is 57.8 Å². The molecule has 0 radical (unpaired) electrons. The van der Waals surface area contributed by atoms with Crippen molar-refractivity contribution in [2.45, 2.75) is 52.0 Å². The van der Waals surface area contributed by atoms with Crippen molar-refractivity contribution in [2.24, 2.45) is 0 Å². The quantitative estimate of drug-likeness (QED) is 0.712. The molecule has 1 aliphatic heterocycles. The van der Waals surface area contributed by atoms with E-state index in [0.29, 0.717) is 6.61 Å². The van der Waals surface area contributed by atoms with E-state index in [4.69, 9.17) is 4.74 Å². The van der Waals surface area contributed by atoms with Gasteiger partial charge in [0.25, 0.3) is 0 Å². The third-order valence-electron chi connectivity index (χ3n) is 4.74. The first-order valence-corrected chi connectivity index (χ1v) is 8.21. The molecule has 0 spiro atoms. The van der Waals surface area contributed by atoms with E-state index in [0.717, 1.165) is 37.2 Å². The molecule has 0 atom stereocenters. The van der Waals surface area contributed by atoms with E-state index < -0.39 is 0 Å². The molecule has 0 aliphatic carbocycles. The fourth-order valence-corrected chi connectivity index (χ4v) is 3.49. The molecule has 0 N–H and O–H groups in total. The average molecular weight is 289 g/mol. The lowest BCUT2D eigenvalue weighted by Crippen LogP contribution is -2.52. The first-order chi connectivity index (χ1) is 10.2. The van der Waals surface area contributed by atoms with Gasteiger partial charge in [-0.25, -0.2) is 0 Å². The molecule has 1 aromatic carbocycles. The summed E-state index contributed by atoms with van der Waals surface area (Å²) in [5.74, 6) is 0.939. The predicted octanol–water partition coefficient (Wildman–Crippen LogP) is 3.92. The molecule has 1 aliphatic rings. The molecular formula is C18H27NO2. The minimum absolute atomic E-state index is 0.221. The van der Waals surface area contributed by atoms with Crippen molar-refractivity contribution in [3.05, 3.63) is 29.8 Å². The Kier molecular flexibility index (Phi) is 5.40. The van der Waals surface area contributed by atoms with Gasteiger partial charge in [-0.3, -0.25) is 9.69 Å². The van der Waals surface area contributed by atoms with E-state index in [9.17, 15) is 4.79 Å². The van der Waals surface area contributed by atoms with Crippen molar-refractivity contribution in [2.75, 3.05) is 19.7 Å². The van der Waals surface area contributed by atoms with E-state index in [1.54, 1.807) is 0 Å². The van der Waals surface area contributed by atoms with Gasteiger partial charge in [-0.2, -0.15) is 0 Å². The van der Waals surface area contributed by atoms with Gasteiger partial charge in [0.1, 0.15) is 5.75 Å². The summed E-state index contributed by atoms with van der Waals surface area (Å²) >= 11 is 0. The highest BCUT2D eigenvalue weighted by molar-refractivity contribution is 6.05. The summed E-state index contributed by atoms with van der Waals surface area (Å²) in [5.41, 5.74) is 0.360. The minimum atomic E-state index is -0.371. The minimum Gasteiger partial charge on any atom is -0.493 e. The molecule has 116 valence electrons. The number of ketones is 1. The molecule has 3 heteroatoms. The zero-order valence-electron chi connectivity index (χ0n) is 13.5. The number of carbonyl (C=O) groups is 1. The molecule has 1 saturated heterocycles. The van der Waals surface area contributed by atoms with Gasteiger partial charge < -0.3 is 4.74 Å². The first-order valence-electron chi connectivity index (χ1n) is 8.21. The lowest BCUT2D eigenvalue weighted by Gasteiger charge is -2.39. The van der Waals surface area contributed by atoms with Crippen LogP contribution in [-0.4, -0.2) is 35.9 Å². The molecular weight excluding hydrogens is 262 g/mol. The van der Waals surface area contributed by atoms with Crippen molar-refractivity contribution >= 4 is 5.78 Å². The lowest BCUT2D eigenvalue weighted by molar-refractivity contribution is 0.0577. The van der Waals surface area contributed by atoms with Crippen molar-refractivity contribution in [1.29, 1.82) is 0 Å². The summed E-state index contributed by atoms with van der Waals surface area (Å²) in [6.07, 6.45) is 4.09. The lowest BCUT2D eigenvalue weighted by atomic mass is 9.82. The molecule has 2 rings (SSSR count). The maximum atomic E-state index is 13.3. The monoisotopic (exact) mass is 289 g/mol. The molecule has 1 fully saturated rings. The number of likely N-dealkylation sites (tertiary alicyclic amines) is 1. The standard InChI is InChI=1S/C18H27NO2/c1-4-18(5-2,19-13-9-10-14-19)17(20)15-11-7-8-12-16(15)21-6-3/h7-8,11-12H,4-6,9-10,13-14H2,1-3H3. The number of ether oxygens (including phenoxy) is 1. The summed E-state index contributed by atoms with van der Waals surface area (Å²) in [4.78, 5) is 15.7. The highest BCUT2D eigenvalue weighted by Crippen LogP contribution is 2.34. The molecule has 0 saturated carbocycles. The van der Waals surface area contributed by atoms with Gasteiger partial charge in [0.05, 0.1) is 17.7 Å². The summed E-state index contributed by atoms with van der Waals surface area (Å²) in [6, 6.07) is 7.66. The van der Waals surface area contributed by atoms with Gasteiger partial charge in [0, 0.05) is 0 Å². The number of rotatable bonds is 7. The van der Waals surface area contributed by atoms with Crippen LogP contribution in [0, 0.1) is 0 Å². The van der Waals surface area contributed by atoms with Crippen LogP contribution in [0.15, 0.2) is 24.3 Å². The topological polar surface area (TPSA) is 29.5 Å². The van der Waals surface area contributed by atoms with Crippen LogP contribution in [-0.2, 0) is 0 Å². The number of hydrogen-bond donors (Lipinski definition) is 0. The maximum Gasteiger partial charge on any atom is 0.186 e. The Bertz CT molecular complexity index is 474. The Balaban J connectivity index is 2.38. The zero-order valence-corrected chi connectivity index (χ0v) is 13.5. The second-order valence-electron chi connectivity index (χ2n) is 5.69. The van der Waals surface area contributed by atoms with Crippen molar-refractivity contribution in [1.82, 2.24) is 4.90 Å². The van der Waals surface area contributed by atoms with Crippen molar-refractivity contribution in [3.8, 4) is 5.75 Å². The Morgan fingerprint density at radius 2 is 1.76 bits per heavy atom. The highest BCUT2D eigenvalue weighted by atomic mass is 16.5. The van der Waals surface area contributed by atoms with E-state index in [1.165, 1.54) is 12.8 Å². The van der Waals surface area contributed by atoms with Crippen LogP contribution >= 0.6 is 0 Å². The maximum absolute atomic E-state index is 13.3. The SMILES string of the molecule is CCOc1ccccc1C(=O)C(CC)(CC)N1CCCC1. The fraction of sp³-hybridized carbons (Fsp3) is 0.611. The van der Waals surface area contributed by atoms with Crippen molar-refractivity contribution in [3.63, 3.8) is 0 Å². The van der Waals surface area contributed by atoms with Gasteiger partial charge in [0.15, 0.2) is 5.78 Å². The van der Waals surface area contributed by atoms with E-state index in [1.807, 2.05) is 31.2 Å². The summed E-state index contributed by atoms with van der Waals surface area (Å²) in [7, 11) is 0. The number of para-hydroxylation sites is 1. The molecule has 1 aromatic rings. The average Bonchev–Trinajstić information content (AvgIpc) is 3.05. The van der Waals surface area contributed by atoms with E-state index in [2.05, 4.69) is 18.7 Å². The zero-order chi connectivity index (χ0) is 15.3. The smallest absolute Gasteiger partial charge is 0.186 e. The Morgan fingerprint density at radius 1 is 1.14 bits per heavy atom. The molecule has 21 heavy (non-hydrogen) atoms. The predicted molar refractivity (Wildman–Crippen MR) is 86.1 cm³/mol. The summed E-state index contributed by atoms with van der Waals surface area (Å²) in [6.45, 7) is 8.86. The van der Waals surface area contributed by atoms with Gasteiger partial charge in [-0.15, -0.1) is 0 Å². The van der Waals surface area contributed by atoms with Crippen molar-refractivity contribution < 1.29 is 9.53 Å². The summed E-state index contributed by atoms with van der Waals surface area (Å²) < 4.78 is 5.67. The molecule has 1 heterocycles. The number of benzene rings is 1. The molecule has 3 nitrogen and oxygen atoms in total. The van der Waals surface area contributed by atoms with Gasteiger partial charge in [0.2, 0.25) is 0 Å². The first kappa shape index (κ1) is 16.0. The number of nitrogens with zero attached hydrogens (tertiary/aromatic N) is 1. The van der Waals surface area contributed by atoms with Crippen LogP contribution in [0.4, 0.5) is 0 Å². The highest BCUT2D eigenvalue weighted by Gasteiger charge is 2.42. The van der Waals surface area contributed by atoms with E-state index >= 15 is 0 Å². The Hall–Kier alpha value is -1.35. The number of Topliss-reactive ketones (excluding diaryl/α,β-unsaturated/α-hetero) is 1. The normalized spacial score (nSPS) is 16.1. The van der Waals surface area contributed by atoms with Crippen LogP contribution in [0.3, 0.4) is 0 Å². The van der Waals surface area contributed by atoms with Gasteiger partial charge >= 0.3 is 0 Å². The number of carbonyl (C=O) groups excluding carboxylic acids is 1. The largest absolute Gasteiger partial charge is 0.493 e. The fourth-order valence-electron chi connectivity index (χ4n) is 3.49. The molecule has 0 unspecified atom stereocenters. The van der Waals surface area contributed by atoms with E-state index in [-0.39, 0.29) is 11.3 Å². The second-order valence-corrected chi connectivity index (χ2v) is 5.69. The molecule has 0 aromatic heterocycles. The van der Waals surface area contributed by atoms with Crippen LogP contribution in [0.5, 0.6) is 5.75 Å². The van der Waals surface area contributed by atoms with Crippen LogP contribution < -0.4 is 4.74 Å². The Labute approximate surface area is 128 Å². The Morgan fingerprint density at radius 3 is 2.33 bits per heavy atom. The van der Waals surface area contributed by atoms with Crippen LogP contribution in [0.25, 0.3) is 0 Å². The third kappa shape index (κ3) is 2.98. The summed E-state index contributed by atoms with van der Waals surface area (Å²) in [5, 5.41) is 0. The third-order valence-corrected chi connectivity index (χ3v) is 4.74. The molecule has 0 amide bonds. The second kappa shape index (κ2) is 7.08.